The van der Waals surface area contributed by atoms with E-state index >= 15 is 0 Å². The maximum absolute atomic E-state index is 12.6. The third-order valence-corrected chi connectivity index (χ3v) is 3.70. The molecule has 1 saturated heterocycles. The third kappa shape index (κ3) is 2.72. The molecule has 18 heavy (non-hydrogen) atoms. The smallest absolute Gasteiger partial charge is 0.364 e. The molecule has 0 amide bonds. The van der Waals surface area contributed by atoms with Crippen LogP contribution < -0.4 is 0 Å². The summed E-state index contributed by atoms with van der Waals surface area (Å²) >= 11 is 16.5. The lowest BCUT2D eigenvalue weighted by Gasteiger charge is -2.26. The SMILES string of the molecule is FC(F)(F)C(Cl)(Cl)CC1(c2cccc(Cl)c2)CO1. The van der Waals surface area contributed by atoms with Gasteiger partial charge in [0.15, 0.2) is 0 Å². The molecule has 1 aliphatic heterocycles. The highest BCUT2D eigenvalue weighted by molar-refractivity contribution is 6.49. The zero-order valence-electron chi connectivity index (χ0n) is 8.90. The van der Waals surface area contributed by atoms with E-state index in [1.807, 2.05) is 0 Å². The van der Waals surface area contributed by atoms with Crippen LogP contribution in [0.4, 0.5) is 13.2 Å². The molecule has 0 saturated carbocycles. The lowest BCUT2D eigenvalue weighted by atomic mass is 9.94. The van der Waals surface area contributed by atoms with Crippen LogP contribution in [0.5, 0.6) is 0 Å². The molecular formula is C11H8Cl3F3O. The van der Waals surface area contributed by atoms with Gasteiger partial charge in [0.05, 0.1) is 6.61 Å². The lowest BCUT2D eigenvalue weighted by Crippen LogP contribution is -2.38. The number of hydrogen-bond acceptors (Lipinski definition) is 1. The van der Waals surface area contributed by atoms with Gasteiger partial charge in [0, 0.05) is 11.4 Å². The molecule has 1 aliphatic rings. The maximum atomic E-state index is 12.6. The summed E-state index contributed by atoms with van der Waals surface area (Å²) in [4.78, 5) is 0. The number of rotatable bonds is 3. The molecule has 0 aliphatic carbocycles. The Bertz CT molecular complexity index is 455. The predicted molar refractivity (Wildman–Crippen MR) is 64.2 cm³/mol. The number of ether oxygens (including phenoxy) is 1. The third-order valence-electron chi connectivity index (χ3n) is 2.77. The van der Waals surface area contributed by atoms with Crippen LogP contribution in [-0.4, -0.2) is 17.1 Å². The van der Waals surface area contributed by atoms with Gasteiger partial charge in [-0.3, -0.25) is 0 Å². The second kappa shape index (κ2) is 4.44. The van der Waals surface area contributed by atoms with Crippen LogP contribution >= 0.6 is 34.8 Å². The highest BCUT2D eigenvalue weighted by atomic mass is 35.5. The fourth-order valence-corrected chi connectivity index (χ4v) is 2.31. The average Bonchev–Trinajstić information content (AvgIpc) is 2.96. The van der Waals surface area contributed by atoms with E-state index in [1.54, 1.807) is 24.3 Å². The van der Waals surface area contributed by atoms with Crippen molar-refractivity contribution < 1.29 is 17.9 Å². The van der Waals surface area contributed by atoms with E-state index in [9.17, 15) is 13.2 Å². The molecule has 1 nitrogen and oxygen atoms in total. The molecule has 7 heteroatoms. The van der Waals surface area contributed by atoms with Gasteiger partial charge in [0.2, 0.25) is 4.33 Å². The normalized spacial score (nSPS) is 24.1. The van der Waals surface area contributed by atoms with Crippen LogP contribution in [0.2, 0.25) is 5.02 Å². The first-order valence-electron chi connectivity index (χ1n) is 5.01. The molecule has 1 atom stereocenters. The van der Waals surface area contributed by atoms with Gasteiger partial charge < -0.3 is 4.74 Å². The van der Waals surface area contributed by atoms with Gasteiger partial charge in [-0.15, -0.1) is 0 Å². The van der Waals surface area contributed by atoms with Crippen molar-refractivity contribution in [3.8, 4) is 0 Å². The molecular weight excluding hydrogens is 311 g/mol. The summed E-state index contributed by atoms with van der Waals surface area (Å²) in [5.41, 5.74) is -0.547. The highest BCUT2D eigenvalue weighted by Crippen LogP contribution is 2.53. The zero-order valence-corrected chi connectivity index (χ0v) is 11.2. The Hall–Kier alpha value is -0.160. The van der Waals surface area contributed by atoms with E-state index in [-0.39, 0.29) is 6.61 Å². The molecule has 0 aromatic heterocycles. The summed E-state index contributed by atoms with van der Waals surface area (Å²) in [7, 11) is 0. The monoisotopic (exact) mass is 318 g/mol. The zero-order chi connectivity index (χ0) is 13.6. The van der Waals surface area contributed by atoms with Gasteiger partial charge in [-0.1, -0.05) is 46.9 Å². The van der Waals surface area contributed by atoms with Gasteiger partial charge in [0.1, 0.15) is 5.60 Å². The van der Waals surface area contributed by atoms with Gasteiger partial charge in [-0.05, 0) is 17.7 Å². The summed E-state index contributed by atoms with van der Waals surface area (Å²) in [6.07, 6.45) is -5.28. The second-order valence-corrected chi connectivity index (χ2v) is 6.09. The molecule has 100 valence electrons. The van der Waals surface area contributed by atoms with Crippen LogP contribution in [0.1, 0.15) is 12.0 Å². The molecule has 1 aromatic rings. The largest absolute Gasteiger partial charge is 0.421 e. The van der Waals surface area contributed by atoms with Crippen LogP contribution in [-0.2, 0) is 10.3 Å². The Morgan fingerprint density at radius 3 is 2.33 bits per heavy atom. The van der Waals surface area contributed by atoms with E-state index < -0.39 is 22.5 Å². The minimum Gasteiger partial charge on any atom is -0.364 e. The standard InChI is InChI=1S/C11H8Cl3F3O/c12-8-3-1-2-7(4-8)9(6-18-9)5-10(13,14)11(15,16)17/h1-4H,5-6H2. The van der Waals surface area contributed by atoms with E-state index in [1.165, 1.54) is 0 Å². The summed E-state index contributed by atoms with van der Waals surface area (Å²) in [6.45, 7) is 0.143. The number of halogens is 6. The topological polar surface area (TPSA) is 12.5 Å². The van der Waals surface area contributed by atoms with Gasteiger partial charge in [0.25, 0.3) is 0 Å². The minimum atomic E-state index is -4.71. The molecule has 0 radical (unpaired) electrons. The van der Waals surface area contributed by atoms with Crippen molar-refractivity contribution >= 4 is 34.8 Å². The fourth-order valence-electron chi connectivity index (χ4n) is 1.69. The van der Waals surface area contributed by atoms with E-state index in [4.69, 9.17) is 39.5 Å². The van der Waals surface area contributed by atoms with Crippen molar-refractivity contribution in [3.05, 3.63) is 34.9 Å². The molecule has 2 rings (SSSR count). The Labute approximate surface area is 117 Å². The fraction of sp³-hybridized carbons (Fsp3) is 0.455. The van der Waals surface area contributed by atoms with Crippen molar-refractivity contribution in [2.24, 2.45) is 0 Å². The molecule has 0 bridgehead atoms. The lowest BCUT2D eigenvalue weighted by molar-refractivity contribution is -0.146. The molecule has 0 N–H and O–H groups in total. The number of alkyl halides is 5. The Kier molecular flexibility index (Phi) is 3.52. The Morgan fingerprint density at radius 1 is 1.28 bits per heavy atom. The number of hydrogen-bond donors (Lipinski definition) is 0. The van der Waals surface area contributed by atoms with Crippen LogP contribution in [0.25, 0.3) is 0 Å². The van der Waals surface area contributed by atoms with Crippen molar-refractivity contribution in [1.82, 2.24) is 0 Å². The number of benzene rings is 1. The van der Waals surface area contributed by atoms with Gasteiger partial charge in [-0.25, -0.2) is 0 Å². The first-order chi connectivity index (χ1) is 8.16. The van der Waals surface area contributed by atoms with E-state index in [2.05, 4.69) is 0 Å². The van der Waals surface area contributed by atoms with Crippen LogP contribution in [0, 0.1) is 0 Å². The van der Waals surface area contributed by atoms with Crippen molar-refractivity contribution in [2.45, 2.75) is 22.5 Å². The minimum absolute atomic E-state index is 0.143. The van der Waals surface area contributed by atoms with Gasteiger partial charge in [-0.2, -0.15) is 13.2 Å². The summed E-state index contributed by atoms with van der Waals surface area (Å²) in [6, 6.07) is 6.45. The van der Waals surface area contributed by atoms with Crippen molar-refractivity contribution in [1.29, 1.82) is 0 Å². The Balaban J connectivity index is 2.24. The second-order valence-electron chi connectivity index (χ2n) is 4.17. The molecule has 1 fully saturated rings. The van der Waals surface area contributed by atoms with E-state index in [0.717, 1.165) is 0 Å². The maximum Gasteiger partial charge on any atom is 0.421 e. The van der Waals surface area contributed by atoms with Crippen LogP contribution in [0.3, 0.4) is 0 Å². The Morgan fingerprint density at radius 2 is 1.89 bits per heavy atom. The van der Waals surface area contributed by atoms with Crippen molar-refractivity contribution in [2.75, 3.05) is 6.61 Å². The predicted octanol–water partition coefficient (Wildman–Crippen LogP) is 4.69. The molecule has 1 unspecified atom stereocenters. The number of epoxide rings is 1. The molecule has 0 spiro atoms. The quantitative estimate of drug-likeness (QED) is 0.581. The molecule has 1 heterocycles. The average molecular weight is 320 g/mol. The highest BCUT2D eigenvalue weighted by Gasteiger charge is 2.61. The van der Waals surface area contributed by atoms with Crippen molar-refractivity contribution in [3.63, 3.8) is 0 Å². The molecule has 1 aromatic carbocycles. The van der Waals surface area contributed by atoms with Crippen LogP contribution in [0.15, 0.2) is 24.3 Å². The first-order valence-corrected chi connectivity index (χ1v) is 6.14. The summed E-state index contributed by atoms with van der Waals surface area (Å²) in [5, 5.41) is 0.420. The van der Waals surface area contributed by atoms with Gasteiger partial charge >= 0.3 is 6.18 Å². The van der Waals surface area contributed by atoms with E-state index in [0.29, 0.717) is 10.6 Å². The first kappa shape index (κ1) is 14.3. The summed E-state index contributed by atoms with van der Waals surface area (Å²) < 4.78 is 40.2. The summed E-state index contributed by atoms with van der Waals surface area (Å²) in [5.74, 6) is 0.